The molecule has 0 aliphatic heterocycles. The van der Waals surface area contributed by atoms with Crippen LogP contribution < -0.4 is 5.32 Å². The Morgan fingerprint density at radius 3 is 2.76 bits per heavy atom. The zero-order valence-electron chi connectivity index (χ0n) is 9.62. The monoisotopic (exact) mass is 230 g/mol. The molecule has 1 aromatic carbocycles. The van der Waals surface area contributed by atoms with Crippen LogP contribution in [0.1, 0.15) is 31.2 Å². The van der Waals surface area contributed by atoms with E-state index in [0.29, 0.717) is 6.04 Å². The van der Waals surface area contributed by atoms with Crippen molar-refractivity contribution in [1.82, 2.24) is 0 Å². The highest BCUT2D eigenvalue weighted by atomic mass is 19.1. The molecular weight excluding hydrogens is 215 g/mol. The fraction of sp³-hybridized carbons (Fsp3) is 0.500. The van der Waals surface area contributed by atoms with Gasteiger partial charge in [0.15, 0.2) is 0 Å². The predicted octanol–water partition coefficient (Wildman–Crippen LogP) is 3.30. The summed E-state index contributed by atoms with van der Waals surface area (Å²) in [6.07, 6.45) is 5.22. The summed E-state index contributed by atoms with van der Waals surface area (Å²) < 4.78 is 13.4. The van der Waals surface area contributed by atoms with Crippen LogP contribution in [0.4, 0.5) is 10.1 Å². The molecule has 3 atom stereocenters. The number of hydrogen-bond donors (Lipinski definition) is 1. The van der Waals surface area contributed by atoms with Crippen molar-refractivity contribution in [2.24, 2.45) is 11.8 Å². The van der Waals surface area contributed by atoms with Crippen molar-refractivity contribution in [3.05, 3.63) is 29.6 Å². The van der Waals surface area contributed by atoms with Crippen LogP contribution in [0, 0.1) is 29.0 Å². The van der Waals surface area contributed by atoms with Crippen LogP contribution in [-0.2, 0) is 0 Å². The molecule has 2 saturated carbocycles. The summed E-state index contributed by atoms with van der Waals surface area (Å²) in [7, 11) is 0. The van der Waals surface area contributed by atoms with Crippen molar-refractivity contribution in [1.29, 1.82) is 5.26 Å². The highest BCUT2D eigenvalue weighted by Gasteiger charge is 2.39. The molecule has 1 aromatic rings. The second-order valence-electron chi connectivity index (χ2n) is 5.23. The van der Waals surface area contributed by atoms with E-state index in [1.54, 1.807) is 12.1 Å². The Balaban J connectivity index is 1.74. The van der Waals surface area contributed by atoms with Gasteiger partial charge < -0.3 is 5.32 Å². The zero-order chi connectivity index (χ0) is 11.8. The Hall–Kier alpha value is -1.56. The summed E-state index contributed by atoms with van der Waals surface area (Å²) in [6.45, 7) is 0. The highest BCUT2D eigenvalue weighted by Crippen LogP contribution is 2.45. The lowest BCUT2D eigenvalue weighted by molar-refractivity contribution is 0.439. The number of nitriles is 1. The third-order valence-electron chi connectivity index (χ3n) is 4.18. The molecule has 3 heteroatoms. The van der Waals surface area contributed by atoms with Gasteiger partial charge >= 0.3 is 0 Å². The van der Waals surface area contributed by atoms with Crippen LogP contribution in [0.3, 0.4) is 0 Å². The van der Waals surface area contributed by atoms with Crippen molar-refractivity contribution in [3.8, 4) is 6.07 Å². The van der Waals surface area contributed by atoms with E-state index in [1.165, 1.54) is 31.7 Å². The molecular formula is C14H15FN2. The van der Waals surface area contributed by atoms with Gasteiger partial charge in [0.1, 0.15) is 11.9 Å². The molecule has 0 aromatic heterocycles. The maximum Gasteiger partial charge on any atom is 0.143 e. The average Bonchev–Trinajstić information content (AvgIpc) is 2.91. The van der Waals surface area contributed by atoms with E-state index in [-0.39, 0.29) is 5.56 Å². The van der Waals surface area contributed by atoms with Gasteiger partial charge in [0.25, 0.3) is 0 Å². The summed E-state index contributed by atoms with van der Waals surface area (Å²) in [6, 6.07) is 7.12. The van der Waals surface area contributed by atoms with Crippen molar-refractivity contribution >= 4 is 5.69 Å². The predicted molar refractivity (Wildman–Crippen MR) is 64.0 cm³/mol. The highest BCUT2D eigenvalue weighted by molar-refractivity contribution is 5.49. The van der Waals surface area contributed by atoms with Gasteiger partial charge in [-0.3, -0.25) is 0 Å². The maximum atomic E-state index is 13.4. The first-order chi connectivity index (χ1) is 8.26. The second-order valence-corrected chi connectivity index (χ2v) is 5.23. The number of hydrogen-bond acceptors (Lipinski definition) is 2. The van der Waals surface area contributed by atoms with Crippen LogP contribution in [-0.4, -0.2) is 6.04 Å². The van der Waals surface area contributed by atoms with E-state index in [9.17, 15) is 4.39 Å². The lowest BCUT2D eigenvalue weighted by Gasteiger charge is -2.24. The van der Waals surface area contributed by atoms with Crippen molar-refractivity contribution < 1.29 is 4.39 Å². The summed E-state index contributed by atoms with van der Waals surface area (Å²) in [4.78, 5) is 0. The minimum atomic E-state index is -0.430. The molecule has 2 aliphatic rings. The lowest BCUT2D eigenvalue weighted by Crippen LogP contribution is -2.25. The molecule has 3 rings (SSSR count). The van der Waals surface area contributed by atoms with E-state index in [2.05, 4.69) is 5.32 Å². The van der Waals surface area contributed by atoms with Gasteiger partial charge in [-0.2, -0.15) is 5.26 Å². The first-order valence-electron chi connectivity index (χ1n) is 6.22. The number of benzene rings is 1. The van der Waals surface area contributed by atoms with Gasteiger partial charge in [0.05, 0.1) is 5.56 Å². The first-order valence-corrected chi connectivity index (χ1v) is 6.22. The Morgan fingerprint density at radius 1 is 1.29 bits per heavy atom. The minimum Gasteiger partial charge on any atom is -0.382 e. The topological polar surface area (TPSA) is 35.8 Å². The van der Waals surface area contributed by atoms with Gasteiger partial charge in [0.2, 0.25) is 0 Å². The van der Waals surface area contributed by atoms with Gasteiger partial charge in [-0.1, -0.05) is 6.42 Å². The standard InChI is InChI=1S/C14H15FN2/c15-13-7-12(4-3-11(13)8-16)17-14-6-9-1-2-10(14)5-9/h3-4,7,9-10,14,17H,1-2,5-6H2. The molecule has 0 amide bonds. The van der Waals surface area contributed by atoms with E-state index >= 15 is 0 Å². The Morgan fingerprint density at radius 2 is 2.18 bits per heavy atom. The van der Waals surface area contributed by atoms with E-state index in [0.717, 1.165) is 17.5 Å². The first kappa shape index (κ1) is 10.6. The fourth-order valence-corrected chi connectivity index (χ4v) is 3.33. The molecule has 2 aliphatic carbocycles. The molecule has 88 valence electrons. The maximum absolute atomic E-state index is 13.4. The largest absolute Gasteiger partial charge is 0.382 e. The molecule has 0 spiro atoms. The van der Waals surface area contributed by atoms with Gasteiger partial charge in [-0.25, -0.2) is 4.39 Å². The Bertz CT molecular complexity index is 478. The second kappa shape index (κ2) is 4.03. The van der Waals surface area contributed by atoms with Crippen LogP contribution in [0.25, 0.3) is 0 Å². The quantitative estimate of drug-likeness (QED) is 0.846. The molecule has 2 bridgehead atoms. The van der Waals surface area contributed by atoms with E-state index in [1.807, 2.05) is 6.07 Å². The lowest BCUT2D eigenvalue weighted by atomic mass is 9.95. The van der Waals surface area contributed by atoms with Gasteiger partial charge in [-0.15, -0.1) is 0 Å². The average molecular weight is 230 g/mol. The number of anilines is 1. The van der Waals surface area contributed by atoms with E-state index < -0.39 is 5.82 Å². The summed E-state index contributed by atoms with van der Waals surface area (Å²) >= 11 is 0. The minimum absolute atomic E-state index is 0.114. The van der Waals surface area contributed by atoms with Crippen molar-refractivity contribution in [2.75, 3.05) is 5.32 Å². The molecule has 17 heavy (non-hydrogen) atoms. The third kappa shape index (κ3) is 1.88. The molecule has 2 nitrogen and oxygen atoms in total. The smallest absolute Gasteiger partial charge is 0.143 e. The Labute approximate surface area is 100 Å². The molecule has 3 unspecified atom stereocenters. The van der Waals surface area contributed by atoms with Crippen LogP contribution in [0.5, 0.6) is 0 Å². The van der Waals surface area contributed by atoms with Crippen molar-refractivity contribution in [2.45, 2.75) is 31.7 Å². The number of halogens is 1. The molecule has 0 saturated heterocycles. The fourth-order valence-electron chi connectivity index (χ4n) is 3.33. The third-order valence-corrected chi connectivity index (χ3v) is 4.18. The number of nitrogens with one attached hydrogen (secondary N) is 1. The summed E-state index contributed by atoms with van der Waals surface area (Å²) in [5, 5.41) is 12.1. The molecule has 1 N–H and O–H groups in total. The number of fused-ring (bicyclic) bond motifs is 2. The van der Waals surface area contributed by atoms with Crippen LogP contribution in [0.2, 0.25) is 0 Å². The molecule has 0 radical (unpaired) electrons. The summed E-state index contributed by atoms with van der Waals surface area (Å²) in [5.41, 5.74) is 0.919. The van der Waals surface area contributed by atoms with Crippen molar-refractivity contribution in [3.63, 3.8) is 0 Å². The van der Waals surface area contributed by atoms with Gasteiger partial charge in [0, 0.05) is 11.7 Å². The van der Waals surface area contributed by atoms with E-state index in [4.69, 9.17) is 5.26 Å². The summed E-state index contributed by atoms with van der Waals surface area (Å²) in [5.74, 6) is 1.21. The SMILES string of the molecule is N#Cc1ccc(NC2CC3CCC2C3)cc1F. The molecule has 0 heterocycles. The molecule has 2 fully saturated rings. The normalized spacial score (nSPS) is 30.2. The van der Waals surface area contributed by atoms with Crippen LogP contribution >= 0.6 is 0 Å². The van der Waals surface area contributed by atoms with Gasteiger partial charge in [-0.05, 0) is 49.3 Å². The zero-order valence-corrected chi connectivity index (χ0v) is 9.62. The number of nitrogens with zero attached hydrogens (tertiary/aromatic N) is 1. The van der Waals surface area contributed by atoms with Crippen LogP contribution in [0.15, 0.2) is 18.2 Å². The Kier molecular flexibility index (Phi) is 2.51. The number of rotatable bonds is 2.